The van der Waals surface area contributed by atoms with Crippen LogP contribution < -0.4 is 5.32 Å². The number of carbonyl (C=O) groups is 3. The molecule has 0 aliphatic carbocycles. The molecule has 0 aromatic carbocycles. The van der Waals surface area contributed by atoms with Crippen molar-refractivity contribution in [2.24, 2.45) is 0 Å². The maximum Gasteiger partial charge on any atom is 0.326 e. The van der Waals surface area contributed by atoms with Gasteiger partial charge in [0.25, 0.3) is 0 Å². The number of aliphatic carboxylic acids is 2. The molecule has 1 aromatic rings. The molecule has 3 N–H and O–H groups in total. The van der Waals surface area contributed by atoms with Crippen molar-refractivity contribution < 1.29 is 24.6 Å². The molecule has 20 heavy (non-hydrogen) atoms. The predicted octanol–water partition coefficient (Wildman–Crippen LogP) is 0.860. The summed E-state index contributed by atoms with van der Waals surface area (Å²) in [6, 6.07) is 1.83. The molecule has 1 rings (SSSR count). The molecule has 0 aliphatic rings. The Bertz CT molecular complexity index is 474. The normalized spacial score (nSPS) is 11.7. The van der Waals surface area contributed by atoms with Crippen molar-refractivity contribution in [3.8, 4) is 0 Å². The summed E-state index contributed by atoms with van der Waals surface area (Å²) in [6.07, 6.45) is 0.0120. The van der Waals surface area contributed by atoms with E-state index in [1.807, 2.05) is 17.5 Å². The van der Waals surface area contributed by atoms with Gasteiger partial charge in [0.05, 0.1) is 6.42 Å². The number of likely N-dealkylation sites (N-methyl/N-ethyl adjacent to an activating group) is 1. The minimum atomic E-state index is -1.43. The number of nitrogens with zero attached hydrogens (tertiary/aromatic N) is 1. The Morgan fingerprint density at radius 1 is 1.40 bits per heavy atom. The van der Waals surface area contributed by atoms with E-state index in [1.165, 1.54) is 11.9 Å². The lowest BCUT2D eigenvalue weighted by atomic mass is 10.2. The van der Waals surface area contributed by atoms with E-state index in [-0.39, 0.29) is 0 Å². The molecule has 1 aromatic heterocycles. The van der Waals surface area contributed by atoms with E-state index in [2.05, 4.69) is 5.32 Å². The van der Waals surface area contributed by atoms with Crippen LogP contribution in [0.1, 0.15) is 11.3 Å². The summed E-state index contributed by atoms with van der Waals surface area (Å²) in [6.45, 7) is 0.422. The van der Waals surface area contributed by atoms with E-state index in [0.29, 0.717) is 13.0 Å². The summed E-state index contributed by atoms with van der Waals surface area (Å²) in [5.74, 6) is -2.65. The van der Waals surface area contributed by atoms with Gasteiger partial charge in [0.15, 0.2) is 0 Å². The van der Waals surface area contributed by atoms with Crippen molar-refractivity contribution in [1.82, 2.24) is 10.2 Å². The summed E-state index contributed by atoms with van der Waals surface area (Å²) in [4.78, 5) is 35.6. The minimum absolute atomic E-state index is 0.422. The molecule has 0 fully saturated rings. The van der Waals surface area contributed by atoms with Crippen molar-refractivity contribution in [3.05, 3.63) is 22.4 Å². The van der Waals surface area contributed by atoms with E-state index in [1.54, 1.807) is 11.3 Å². The molecule has 0 spiro atoms. The van der Waals surface area contributed by atoms with Crippen LogP contribution in [0.3, 0.4) is 0 Å². The van der Waals surface area contributed by atoms with Gasteiger partial charge in [0.1, 0.15) is 6.04 Å². The van der Waals surface area contributed by atoms with E-state index in [4.69, 9.17) is 10.2 Å². The molecular formula is C12H16N2O5S. The van der Waals surface area contributed by atoms with E-state index >= 15 is 0 Å². The largest absolute Gasteiger partial charge is 0.481 e. The molecule has 0 unspecified atom stereocenters. The molecule has 1 heterocycles. The van der Waals surface area contributed by atoms with Gasteiger partial charge in [-0.25, -0.2) is 9.59 Å². The van der Waals surface area contributed by atoms with Crippen LogP contribution in [0.25, 0.3) is 0 Å². The fourth-order valence-corrected chi connectivity index (χ4v) is 2.17. The number of carboxylic acids is 2. The Labute approximate surface area is 119 Å². The van der Waals surface area contributed by atoms with Crippen LogP contribution >= 0.6 is 11.3 Å². The third-order valence-electron chi connectivity index (χ3n) is 2.59. The van der Waals surface area contributed by atoms with E-state index in [0.717, 1.165) is 4.88 Å². The Morgan fingerprint density at radius 2 is 2.10 bits per heavy atom. The highest BCUT2D eigenvalue weighted by Crippen LogP contribution is 2.09. The second-order valence-electron chi connectivity index (χ2n) is 4.19. The fraction of sp³-hybridized carbons (Fsp3) is 0.417. The van der Waals surface area contributed by atoms with E-state index in [9.17, 15) is 14.4 Å². The van der Waals surface area contributed by atoms with Crippen molar-refractivity contribution in [3.63, 3.8) is 0 Å². The first-order valence-electron chi connectivity index (χ1n) is 5.88. The van der Waals surface area contributed by atoms with Crippen molar-refractivity contribution in [2.45, 2.75) is 18.9 Å². The predicted molar refractivity (Wildman–Crippen MR) is 72.9 cm³/mol. The Balaban J connectivity index is 2.46. The number of hydrogen-bond acceptors (Lipinski definition) is 4. The Kier molecular flexibility index (Phi) is 5.98. The summed E-state index contributed by atoms with van der Waals surface area (Å²) in [7, 11) is 1.53. The maximum absolute atomic E-state index is 11.8. The zero-order valence-corrected chi connectivity index (χ0v) is 11.7. The third-order valence-corrected chi connectivity index (χ3v) is 3.53. The summed E-state index contributed by atoms with van der Waals surface area (Å²) >= 11 is 1.57. The molecule has 0 saturated heterocycles. The van der Waals surface area contributed by atoms with Crippen LogP contribution in [0.15, 0.2) is 17.5 Å². The first-order chi connectivity index (χ1) is 9.40. The zero-order valence-electron chi connectivity index (χ0n) is 10.9. The number of amides is 2. The van der Waals surface area contributed by atoms with Gasteiger partial charge in [-0.15, -0.1) is 11.3 Å². The van der Waals surface area contributed by atoms with Gasteiger partial charge in [-0.1, -0.05) is 6.07 Å². The zero-order chi connectivity index (χ0) is 15.1. The number of carboxylic acid groups (broad SMARTS) is 2. The average molecular weight is 300 g/mol. The van der Waals surface area contributed by atoms with Gasteiger partial charge in [-0.2, -0.15) is 0 Å². The first kappa shape index (κ1) is 16.0. The lowest BCUT2D eigenvalue weighted by Crippen LogP contribution is -2.48. The topological polar surface area (TPSA) is 107 Å². The summed E-state index contributed by atoms with van der Waals surface area (Å²) < 4.78 is 0. The lowest BCUT2D eigenvalue weighted by Gasteiger charge is -2.20. The molecular weight excluding hydrogens is 284 g/mol. The highest BCUT2D eigenvalue weighted by molar-refractivity contribution is 7.09. The number of carbonyl (C=O) groups excluding carboxylic acids is 1. The summed E-state index contributed by atoms with van der Waals surface area (Å²) in [5, 5.41) is 21.5. The highest BCUT2D eigenvalue weighted by atomic mass is 32.1. The van der Waals surface area contributed by atoms with Gasteiger partial charge in [-0.3, -0.25) is 4.79 Å². The standard InChI is InChI=1S/C12H16N2O5S/c1-14(5-4-8-3-2-6-20-8)12(19)13-9(11(17)18)7-10(15)16/h2-3,6,9H,4-5,7H2,1H3,(H,13,19)(H,15,16)(H,17,18)/t9-/m0/s1. The van der Waals surface area contributed by atoms with Gasteiger partial charge in [0.2, 0.25) is 0 Å². The number of urea groups is 1. The molecule has 0 bridgehead atoms. The van der Waals surface area contributed by atoms with Crippen LogP contribution in [0.5, 0.6) is 0 Å². The average Bonchev–Trinajstić information content (AvgIpc) is 2.87. The number of rotatable bonds is 7. The SMILES string of the molecule is CN(CCc1cccs1)C(=O)N[C@@H](CC(=O)O)C(=O)O. The molecule has 0 aliphatic heterocycles. The van der Waals surface area contributed by atoms with Crippen LogP contribution in [0.4, 0.5) is 4.79 Å². The molecule has 110 valence electrons. The molecule has 1 atom stereocenters. The van der Waals surface area contributed by atoms with Gasteiger partial charge in [-0.05, 0) is 17.9 Å². The Morgan fingerprint density at radius 3 is 2.60 bits per heavy atom. The quantitative estimate of drug-likeness (QED) is 0.692. The van der Waals surface area contributed by atoms with Crippen LogP contribution in [-0.4, -0.2) is 52.7 Å². The third kappa shape index (κ3) is 5.27. The molecule has 0 radical (unpaired) electrons. The first-order valence-corrected chi connectivity index (χ1v) is 6.76. The van der Waals surface area contributed by atoms with Crippen molar-refractivity contribution in [2.75, 3.05) is 13.6 Å². The van der Waals surface area contributed by atoms with Gasteiger partial charge < -0.3 is 20.4 Å². The van der Waals surface area contributed by atoms with Gasteiger partial charge in [0, 0.05) is 18.5 Å². The lowest BCUT2D eigenvalue weighted by molar-refractivity contribution is -0.145. The monoisotopic (exact) mass is 300 g/mol. The van der Waals surface area contributed by atoms with Crippen LogP contribution in [0, 0.1) is 0 Å². The van der Waals surface area contributed by atoms with E-state index < -0.39 is 30.4 Å². The number of thiophene rings is 1. The minimum Gasteiger partial charge on any atom is -0.481 e. The highest BCUT2D eigenvalue weighted by Gasteiger charge is 2.24. The van der Waals surface area contributed by atoms with Crippen LogP contribution in [-0.2, 0) is 16.0 Å². The number of nitrogens with one attached hydrogen (secondary N) is 1. The molecule has 0 saturated carbocycles. The van der Waals surface area contributed by atoms with Crippen molar-refractivity contribution in [1.29, 1.82) is 0 Å². The van der Waals surface area contributed by atoms with Crippen molar-refractivity contribution >= 4 is 29.3 Å². The van der Waals surface area contributed by atoms with Crippen LogP contribution in [0.2, 0.25) is 0 Å². The smallest absolute Gasteiger partial charge is 0.326 e. The van der Waals surface area contributed by atoms with Gasteiger partial charge >= 0.3 is 18.0 Å². The molecule has 8 heteroatoms. The maximum atomic E-state index is 11.8. The molecule has 7 nitrogen and oxygen atoms in total. The number of hydrogen-bond donors (Lipinski definition) is 3. The summed E-state index contributed by atoms with van der Waals surface area (Å²) in [5.41, 5.74) is 0. The second-order valence-corrected chi connectivity index (χ2v) is 5.22. The molecule has 2 amide bonds. The fourth-order valence-electron chi connectivity index (χ4n) is 1.47. The second kappa shape index (κ2) is 7.49. The Hall–Kier alpha value is -2.09.